The van der Waals surface area contributed by atoms with Crippen LogP contribution < -0.4 is 5.73 Å². The predicted octanol–water partition coefficient (Wildman–Crippen LogP) is 2.18. The summed E-state index contributed by atoms with van der Waals surface area (Å²) in [6.45, 7) is 1.99. The Labute approximate surface area is 93.6 Å². The lowest BCUT2D eigenvalue weighted by atomic mass is 10.6. The summed E-state index contributed by atoms with van der Waals surface area (Å²) in [6, 6.07) is 0. The molecule has 0 unspecified atom stereocenters. The first-order valence-electron chi connectivity index (χ1n) is 3.87. The fourth-order valence-electron chi connectivity index (χ4n) is 0.871. The zero-order valence-electron chi connectivity index (χ0n) is 7.43. The molecule has 0 aliphatic rings. The average Bonchev–Trinajstić information content (AvgIpc) is 2.72. The number of hydrogen-bond donors (Lipinski definition) is 1. The van der Waals surface area contributed by atoms with E-state index in [0.29, 0.717) is 5.13 Å². The van der Waals surface area contributed by atoms with Crippen LogP contribution in [0.3, 0.4) is 0 Å². The number of nitrogens with zero attached hydrogens (tertiary/aromatic N) is 3. The van der Waals surface area contributed by atoms with Gasteiger partial charge in [-0.3, -0.25) is 0 Å². The highest BCUT2D eigenvalue weighted by Crippen LogP contribution is 2.27. The summed E-state index contributed by atoms with van der Waals surface area (Å²) in [6.07, 6.45) is 0. The zero-order valence-corrected chi connectivity index (χ0v) is 9.88. The number of aromatic nitrogens is 3. The summed E-state index contributed by atoms with van der Waals surface area (Å²) in [5, 5.41) is 11.3. The number of nitrogen functional groups attached to an aromatic ring is 1. The van der Waals surface area contributed by atoms with Crippen LogP contribution in [0.2, 0.25) is 0 Å². The lowest BCUT2D eigenvalue weighted by Crippen LogP contribution is -1.80. The van der Waals surface area contributed by atoms with Crippen LogP contribution in [0.5, 0.6) is 0 Å². The number of thiazole rings is 1. The molecular weight excluding hydrogens is 236 g/mol. The first-order chi connectivity index (χ1) is 6.74. The highest BCUT2D eigenvalue weighted by Gasteiger charge is 2.04. The topological polar surface area (TPSA) is 64.7 Å². The van der Waals surface area contributed by atoms with E-state index in [1.807, 2.05) is 12.3 Å². The Kier molecular flexibility index (Phi) is 2.99. The van der Waals surface area contributed by atoms with Crippen molar-refractivity contribution in [1.29, 1.82) is 0 Å². The van der Waals surface area contributed by atoms with Crippen molar-refractivity contribution in [3.63, 3.8) is 0 Å². The second kappa shape index (κ2) is 4.24. The molecule has 2 aromatic rings. The Hall–Kier alpha value is -0.660. The molecule has 0 amide bonds. The third kappa shape index (κ3) is 2.43. The molecule has 7 heteroatoms. The van der Waals surface area contributed by atoms with E-state index in [2.05, 4.69) is 15.2 Å². The van der Waals surface area contributed by atoms with Gasteiger partial charge in [0.1, 0.15) is 5.01 Å². The molecule has 0 spiro atoms. The molecule has 2 aromatic heterocycles. The number of thioether (sulfide) groups is 1. The molecule has 2 rings (SSSR count). The highest BCUT2D eigenvalue weighted by atomic mass is 32.2. The Morgan fingerprint density at radius 3 is 2.93 bits per heavy atom. The Bertz CT molecular complexity index is 382. The molecule has 0 saturated heterocycles. The minimum Gasteiger partial charge on any atom is -0.374 e. The molecule has 0 fully saturated rings. The van der Waals surface area contributed by atoms with Crippen LogP contribution in [0.15, 0.2) is 9.72 Å². The monoisotopic (exact) mass is 244 g/mol. The van der Waals surface area contributed by atoms with Gasteiger partial charge in [-0.1, -0.05) is 23.1 Å². The van der Waals surface area contributed by atoms with Crippen molar-refractivity contribution < 1.29 is 0 Å². The van der Waals surface area contributed by atoms with Crippen molar-refractivity contribution in [1.82, 2.24) is 15.2 Å². The maximum absolute atomic E-state index is 5.47. The standard InChI is InChI=1S/C7H8N4S3/c1-4-2-12-5(9-4)3-13-7-11-10-6(8)14-7/h2H,3H2,1H3,(H2,8,10). The number of anilines is 1. The SMILES string of the molecule is Cc1csc(CSc2nnc(N)s2)n1. The van der Waals surface area contributed by atoms with Crippen LogP contribution in [0.25, 0.3) is 0 Å². The van der Waals surface area contributed by atoms with E-state index in [9.17, 15) is 0 Å². The molecule has 0 aliphatic carbocycles. The van der Waals surface area contributed by atoms with Crippen molar-refractivity contribution in [2.45, 2.75) is 17.0 Å². The van der Waals surface area contributed by atoms with E-state index in [1.165, 1.54) is 11.3 Å². The van der Waals surface area contributed by atoms with E-state index in [4.69, 9.17) is 5.73 Å². The molecule has 0 bridgehead atoms. The van der Waals surface area contributed by atoms with Crippen LogP contribution in [0.4, 0.5) is 5.13 Å². The van der Waals surface area contributed by atoms with Crippen molar-refractivity contribution in [2.75, 3.05) is 5.73 Å². The fourth-order valence-corrected chi connectivity index (χ4v) is 3.30. The normalized spacial score (nSPS) is 10.6. The second-order valence-corrected chi connectivity index (χ2v) is 5.75. The van der Waals surface area contributed by atoms with Crippen LogP contribution in [0.1, 0.15) is 10.7 Å². The summed E-state index contributed by atoms with van der Waals surface area (Å²) < 4.78 is 0.898. The first-order valence-corrected chi connectivity index (χ1v) is 6.55. The molecule has 0 aromatic carbocycles. The van der Waals surface area contributed by atoms with Crippen LogP contribution in [-0.4, -0.2) is 15.2 Å². The summed E-state index contributed by atoms with van der Waals surface area (Å²) in [5.74, 6) is 0.840. The van der Waals surface area contributed by atoms with Crippen LogP contribution in [-0.2, 0) is 5.75 Å². The molecule has 74 valence electrons. The quantitative estimate of drug-likeness (QED) is 0.838. The van der Waals surface area contributed by atoms with Gasteiger partial charge in [-0.05, 0) is 6.92 Å². The van der Waals surface area contributed by atoms with Gasteiger partial charge in [-0.15, -0.1) is 21.5 Å². The molecule has 0 saturated carbocycles. The summed E-state index contributed by atoms with van der Waals surface area (Å²) in [4.78, 5) is 4.36. The molecule has 0 radical (unpaired) electrons. The van der Waals surface area contributed by atoms with Gasteiger partial charge < -0.3 is 5.73 Å². The van der Waals surface area contributed by atoms with Crippen molar-refractivity contribution in [2.24, 2.45) is 0 Å². The van der Waals surface area contributed by atoms with E-state index in [-0.39, 0.29) is 0 Å². The fraction of sp³-hybridized carbons (Fsp3) is 0.286. The van der Waals surface area contributed by atoms with Crippen molar-refractivity contribution in [3.8, 4) is 0 Å². The average molecular weight is 244 g/mol. The molecular formula is C7H8N4S3. The van der Waals surface area contributed by atoms with Gasteiger partial charge in [-0.25, -0.2) is 4.98 Å². The minimum atomic E-state index is 0.516. The highest BCUT2D eigenvalue weighted by molar-refractivity contribution is 8.00. The first kappa shape index (κ1) is 9.88. The smallest absolute Gasteiger partial charge is 0.203 e. The van der Waals surface area contributed by atoms with Gasteiger partial charge in [0.2, 0.25) is 5.13 Å². The zero-order chi connectivity index (χ0) is 9.97. The molecule has 2 heterocycles. The van der Waals surface area contributed by atoms with Crippen LogP contribution >= 0.6 is 34.4 Å². The molecule has 0 aliphatic heterocycles. The predicted molar refractivity (Wildman–Crippen MR) is 60.7 cm³/mol. The Morgan fingerprint density at radius 1 is 1.50 bits per heavy atom. The maximum Gasteiger partial charge on any atom is 0.203 e. The van der Waals surface area contributed by atoms with Gasteiger partial charge in [-0.2, -0.15) is 0 Å². The van der Waals surface area contributed by atoms with Gasteiger partial charge >= 0.3 is 0 Å². The van der Waals surface area contributed by atoms with Gasteiger partial charge in [0.25, 0.3) is 0 Å². The van der Waals surface area contributed by atoms with E-state index >= 15 is 0 Å². The van der Waals surface area contributed by atoms with E-state index < -0.39 is 0 Å². The summed E-state index contributed by atoms with van der Waals surface area (Å²) in [5.41, 5.74) is 6.54. The summed E-state index contributed by atoms with van der Waals surface area (Å²) in [7, 11) is 0. The lowest BCUT2D eigenvalue weighted by molar-refractivity contribution is 1.02. The minimum absolute atomic E-state index is 0.516. The number of nitrogens with two attached hydrogens (primary N) is 1. The second-order valence-electron chi connectivity index (χ2n) is 2.58. The van der Waals surface area contributed by atoms with Crippen LogP contribution in [0, 0.1) is 6.92 Å². The number of aryl methyl sites for hydroxylation is 1. The van der Waals surface area contributed by atoms with Gasteiger partial charge in [0.15, 0.2) is 4.34 Å². The van der Waals surface area contributed by atoms with Crippen molar-refractivity contribution in [3.05, 3.63) is 16.1 Å². The van der Waals surface area contributed by atoms with Gasteiger partial charge in [0.05, 0.1) is 5.75 Å². The number of hydrogen-bond acceptors (Lipinski definition) is 7. The summed E-state index contributed by atoms with van der Waals surface area (Å²) >= 11 is 4.70. The molecule has 2 N–H and O–H groups in total. The molecule has 14 heavy (non-hydrogen) atoms. The van der Waals surface area contributed by atoms with E-state index in [0.717, 1.165) is 20.8 Å². The van der Waals surface area contributed by atoms with Crippen molar-refractivity contribution >= 4 is 39.6 Å². The number of rotatable bonds is 3. The van der Waals surface area contributed by atoms with E-state index in [1.54, 1.807) is 23.1 Å². The van der Waals surface area contributed by atoms with Gasteiger partial charge in [0, 0.05) is 11.1 Å². The maximum atomic E-state index is 5.47. The third-order valence-corrected chi connectivity index (χ3v) is 4.45. The Morgan fingerprint density at radius 2 is 2.36 bits per heavy atom. The Balaban J connectivity index is 1.94. The molecule has 4 nitrogen and oxygen atoms in total. The third-order valence-electron chi connectivity index (χ3n) is 1.41. The molecule has 0 atom stereocenters. The largest absolute Gasteiger partial charge is 0.374 e. The lowest BCUT2D eigenvalue weighted by Gasteiger charge is -1.90.